The Bertz CT molecular complexity index is 666. The smallest absolute Gasteiger partial charge is 0.413 e. The van der Waals surface area contributed by atoms with Gasteiger partial charge in [0.05, 0.1) is 19.7 Å². The van der Waals surface area contributed by atoms with Crippen molar-refractivity contribution in [3.63, 3.8) is 0 Å². The van der Waals surface area contributed by atoms with E-state index in [0.717, 1.165) is 10.4 Å². The lowest BCUT2D eigenvalue weighted by Gasteiger charge is -2.18. The predicted molar refractivity (Wildman–Crippen MR) is 95.2 cm³/mol. The molecule has 0 saturated carbocycles. The minimum absolute atomic E-state index is 0.0175. The van der Waals surface area contributed by atoms with Crippen LogP contribution in [0.5, 0.6) is 0 Å². The van der Waals surface area contributed by atoms with Gasteiger partial charge >= 0.3 is 6.09 Å². The minimum atomic E-state index is -0.754. The first-order chi connectivity index (χ1) is 11.5. The Hall–Kier alpha value is -2.18. The molecule has 1 aromatic carbocycles. The second-order valence-corrected chi connectivity index (χ2v) is 6.67. The zero-order chi connectivity index (χ0) is 17.5. The van der Waals surface area contributed by atoms with Gasteiger partial charge in [-0.05, 0) is 28.5 Å². The van der Waals surface area contributed by atoms with Gasteiger partial charge in [-0.2, -0.15) is 0 Å². The summed E-state index contributed by atoms with van der Waals surface area (Å²) in [6.07, 6.45) is -0.754. The van der Waals surface area contributed by atoms with Crippen LogP contribution in [0.4, 0.5) is 4.79 Å². The fourth-order valence-electron chi connectivity index (χ4n) is 2.32. The molecule has 0 unspecified atom stereocenters. The Morgan fingerprint density at radius 1 is 1.12 bits per heavy atom. The van der Waals surface area contributed by atoms with Crippen molar-refractivity contribution >= 4 is 23.3 Å². The average Bonchev–Trinajstić information content (AvgIpc) is 3.09. The molecule has 2 N–H and O–H groups in total. The number of amides is 2. The Morgan fingerprint density at radius 2 is 1.79 bits per heavy atom. The third kappa shape index (κ3) is 4.91. The van der Waals surface area contributed by atoms with Crippen LogP contribution >= 0.6 is 11.3 Å². The summed E-state index contributed by atoms with van der Waals surface area (Å²) in [7, 11) is 1.22. The first-order valence-corrected chi connectivity index (χ1v) is 8.63. The number of imide groups is 1. The van der Waals surface area contributed by atoms with Gasteiger partial charge in [0, 0.05) is 4.88 Å². The largest absolute Gasteiger partial charge is 0.453 e. The lowest BCUT2D eigenvalue weighted by Crippen LogP contribution is -2.39. The van der Waals surface area contributed by atoms with Crippen molar-refractivity contribution in [1.82, 2.24) is 10.6 Å². The molecule has 2 rings (SSSR count). The standard InChI is InChI=1S/C18H22N2O3S/c1-12(2)13-6-8-14(9-7-13)17(15-5-4-10-24-15)19-11-16(21)20-18(22)23-3/h4-10,12,17,19H,11H2,1-3H3,(H,20,21,22)/t17-/m1/s1. The van der Waals surface area contributed by atoms with Crippen molar-refractivity contribution in [2.24, 2.45) is 0 Å². The molecule has 0 spiro atoms. The molecule has 0 saturated heterocycles. The quantitative estimate of drug-likeness (QED) is 0.841. The van der Waals surface area contributed by atoms with Gasteiger partial charge in [-0.15, -0.1) is 11.3 Å². The highest BCUT2D eigenvalue weighted by Crippen LogP contribution is 2.27. The van der Waals surface area contributed by atoms with Crippen LogP contribution in [-0.4, -0.2) is 25.7 Å². The lowest BCUT2D eigenvalue weighted by atomic mass is 9.98. The normalized spacial score (nSPS) is 12.0. The van der Waals surface area contributed by atoms with Crippen LogP contribution in [-0.2, 0) is 9.53 Å². The number of rotatable bonds is 6. The summed E-state index contributed by atoms with van der Waals surface area (Å²) in [5.41, 5.74) is 2.35. The first kappa shape index (κ1) is 18.2. The van der Waals surface area contributed by atoms with Crippen LogP contribution in [0.3, 0.4) is 0 Å². The van der Waals surface area contributed by atoms with Gasteiger partial charge < -0.3 is 4.74 Å². The number of ether oxygens (including phenoxy) is 1. The lowest BCUT2D eigenvalue weighted by molar-refractivity contribution is -0.119. The molecular formula is C18H22N2O3S. The molecule has 1 aromatic heterocycles. The van der Waals surface area contributed by atoms with Gasteiger partial charge in [-0.1, -0.05) is 44.2 Å². The molecule has 128 valence electrons. The molecule has 0 aliphatic heterocycles. The molecule has 1 atom stereocenters. The van der Waals surface area contributed by atoms with Gasteiger partial charge in [0.2, 0.25) is 5.91 Å². The summed E-state index contributed by atoms with van der Waals surface area (Å²) >= 11 is 1.62. The van der Waals surface area contributed by atoms with Crippen molar-refractivity contribution in [2.75, 3.05) is 13.7 Å². The zero-order valence-electron chi connectivity index (χ0n) is 14.0. The highest BCUT2D eigenvalue weighted by atomic mass is 32.1. The topological polar surface area (TPSA) is 67.4 Å². The monoisotopic (exact) mass is 346 g/mol. The maximum Gasteiger partial charge on any atom is 0.413 e. The second kappa shape index (κ2) is 8.61. The summed E-state index contributed by atoms with van der Waals surface area (Å²) in [6.45, 7) is 4.33. The fraction of sp³-hybridized carbons (Fsp3) is 0.333. The molecule has 5 nitrogen and oxygen atoms in total. The van der Waals surface area contributed by atoms with E-state index in [9.17, 15) is 9.59 Å². The molecule has 2 aromatic rings. The molecule has 24 heavy (non-hydrogen) atoms. The Balaban J connectivity index is 2.11. The molecule has 0 bridgehead atoms. The van der Waals surface area contributed by atoms with E-state index in [1.165, 1.54) is 12.7 Å². The van der Waals surface area contributed by atoms with Crippen LogP contribution in [0.2, 0.25) is 0 Å². The van der Waals surface area contributed by atoms with Crippen molar-refractivity contribution in [3.8, 4) is 0 Å². The van der Waals surface area contributed by atoms with Crippen molar-refractivity contribution in [2.45, 2.75) is 25.8 Å². The van der Waals surface area contributed by atoms with Crippen molar-refractivity contribution in [3.05, 3.63) is 57.8 Å². The summed E-state index contributed by atoms with van der Waals surface area (Å²) in [5, 5.41) is 7.35. The molecule has 0 fully saturated rings. The van der Waals surface area contributed by atoms with Crippen LogP contribution in [0.1, 0.15) is 41.8 Å². The average molecular weight is 346 g/mol. The van der Waals surface area contributed by atoms with E-state index in [1.807, 2.05) is 17.5 Å². The minimum Gasteiger partial charge on any atom is -0.453 e. The molecule has 2 amide bonds. The number of hydrogen-bond acceptors (Lipinski definition) is 5. The third-order valence-corrected chi connectivity index (χ3v) is 4.59. The number of carbonyl (C=O) groups is 2. The van der Waals surface area contributed by atoms with Gasteiger partial charge in [0.1, 0.15) is 0 Å². The Labute approximate surface area is 146 Å². The van der Waals surface area contributed by atoms with Crippen LogP contribution in [0.25, 0.3) is 0 Å². The number of alkyl carbamates (subject to hydrolysis) is 1. The molecule has 0 aliphatic carbocycles. The third-order valence-electron chi connectivity index (χ3n) is 3.66. The van der Waals surface area contributed by atoms with Crippen molar-refractivity contribution in [1.29, 1.82) is 0 Å². The number of thiophene rings is 1. The molecular weight excluding hydrogens is 324 g/mol. The number of nitrogens with one attached hydrogen (secondary N) is 2. The molecule has 0 radical (unpaired) electrons. The second-order valence-electron chi connectivity index (χ2n) is 5.69. The zero-order valence-corrected chi connectivity index (χ0v) is 14.9. The van der Waals surface area contributed by atoms with Gasteiger partial charge in [0.25, 0.3) is 0 Å². The summed E-state index contributed by atoms with van der Waals surface area (Å²) in [4.78, 5) is 24.0. The van der Waals surface area contributed by atoms with E-state index in [-0.39, 0.29) is 12.6 Å². The first-order valence-electron chi connectivity index (χ1n) is 7.75. The maximum atomic E-state index is 11.8. The van der Waals surface area contributed by atoms with E-state index in [1.54, 1.807) is 11.3 Å². The number of benzene rings is 1. The van der Waals surface area contributed by atoms with Gasteiger partial charge in [0.15, 0.2) is 0 Å². The maximum absolute atomic E-state index is 11.8. The molecule has 0 aliphatic rings. The van der Waals surface area contributed by atoms with E-state index in [4.69, 9.17) is 0 Å². The highest BCUT2D eigenvalue weighted by Gasteiger charge is 2.17. The van der Waals surface area contributed by atoms with Gasteiger partial charge in [-0.3, -0.25) is 15.4 Å². The number of hydrogen-bond donors (Lipinski definition) is 2. The van der Waals surface area contributed by atoms with E-state index < -0.39 is 12.0 Å². The summed E-state index contributed by atoms with van der Waals surface area (Å²) in [5.74, 6) is 0.0419. The van der Waals surface area contributed by atoms with Crippen LogP contribution in [0.15, 0.2) is 41.8 Å². The SMILES string of the molecule is COC(=O)NC(=O)CN[C@H](c1ccc(C(C)C)cc1)c1cccs1. The van der Waals surface area contributed by atoms with Gasteiger partial charge in [-0.25, -0.2) is 4.79 Å². The predicted octanol–water partition coefficient (Wildman–Crippen LogP) is 3.43. The Kier molecular flexibility index (Phi) is 6.52. The number of methoxy groups -OCH3 is 1. The summed E-state index contributed by atoms with van der Waals surface area (Å²) in [6, 6.07) is 12.3. The molecule has 6 heteroatoms. The number of carbonyl (C=O) groups excluding carboxylic acids is 2. The highest BCUT2D eigenvalue weighted by molar-refractivity contribution is 7.10. The molecule has 1 heterocycles. The van der Waals surface area contributed by atoms with Crippen LogP contribution < -0.4 is 10.6 Å². The fourth-order valence-corrected chi connectivity index (χ4v) is 3.14. The van der Waals surface area contributed by atoms with E-state index >= 15 is 0 Å². The Morgan fingerprint density at radius 3 is 2.33 bits per heavy atom. The van der Waals surface area contributed by atoms with E-state index in [2.05, 4.69) is 53.5 Å². The van der Waals surface area contributed by atoms with E-state index in [0.29, 0.717) is 5.92 Å². The summed E-state index contributed by atoms with van der Waals surface area (Å²) < 4.78 is 4.42. The van der Waals surface area contributed by atoms with Crippen LogP contribution in [0, 0.1) is 0 Å². The van der Waals surface area contributed by atoms with Crippen molar-refractivity contribution < 1.29 is 14.3 Å².